The van der Waals surface area contributed by atoms with Crippen molar-refractivity contribution in [3.8, 4) is 0 Å². The van der Waals surface area contributed by atoms with Gasteiger partial charge in [0.15, 0.2) is 0 Å². The second-order valence-electron chi connectivity index (χ2n) is 3.55. The molecule has 1 aliphatic rings. The lowest BCUT2D eigenvalue weighted by atomic mass is 10.4. The van der Waals surface area contributed by atoms with E-state index in [2.05, 4.69) is 25.9 Å². The van der Waals surface area contributed by atoms with Crippen molar-refractivity contribution in [1.82, 2.24) is 14.7 Å². The van der Waals surface area contributed by atoms with Crippen LogP contribution < -0.4 is 0 Å². The van der Waals surface area contributed by atoms with Crippen LogP contribution in [-0.2, 0) is 13.6 Å². The van der Waals surface area contributed by atoms with E-state index in [4.69, 9.17) is 0 Å². The second-order valence-corrected chi connectivity index (χ2v) is 4.40. The molecule has 1 saturated heterocycles. The molecule has 13 heavy (non-hydrogen) atoms. The van der Waals surface area contributed by atoms with E-state index in [0.717, 1.165) is 11.0 Å². The Hall–Kier alpha value is -0.350. The minimum atomic E-state index is 1.02. The van der Waals surface area contributed by atoms with Crippen molar-refractivity contribution in [3.63, 3.8) is 0 Å². The van der Waals surface area contributed by atoms with Crippen LogP contribution in [0.5, 0.6) is 0 Å². The van der Waals surface area contributed by atoms with Crippen LogP contribution in [0.3, 0.4) is 0 Å². The summed E-state index contributed by atoms with van der Waals surface area (Å²) in [6.07, 6.45) is 4.55. The molecule has 1 fully saturated rings. The summed E-state index contributed by atoms with van der Waals surface area (Å²) in [6.45, 7) is 3.49. The molecule has 0 N–H and O–H groups in total. The molecule has 0 atom stereocenters. The Morgan fingerprint density at radius 3 is 2.69 bits per heavy atom. The first-order chi connectivity index (χ1) is 6.27. The van der Waals surface area contributed by atoms with E-state index in [0.29, 0.717) is 0 Å². The molecular weight excluding hydrogens is 230 g/mol. The summed E-state index contributed by atoms with van der Waals surface area (Å²) >= 11 is 3.51. The van der Waals surface area contributed by atoms with Gasteiger partial charge in [0.1, 0.15) is 0 Å². The summed E-state index contributed by atoms with van der Waals surface area (Å²) in [5.41, 5.74) is 1.28. The van der Waals surface area contributed by atoms with E-state index in [1.807, 2.05) is 17.9 Å². The fourth-order valence-electron chi connectivity index (χ4n) is 1.77. The van der Waals surface area contributed by atoms with Crippen LogP contribution in [0.1, 0.15) is 18.5 Å². The Kier molecular flexibility index (Phi) is 2.69. The zero-order valence-electron chi connectivity index (χ0n) is 7.83. The Morgan fingerprint density at radius 1 is 1.46 bits per heavy atom. The Morgan fingerprint density at radius 2 is 2.15 bits per heavy atom. The van der Waals surface area contributed by atoms with Gasteiger partial charge in [0.05, 0.1) is 16.4 Å². The van der Waals surface area contributed by atoms with Crippen molar-refractivity contribution in [2.75, 3.05) is 13.1 Å². The predicted molar refractivity (Wildman–Crippen MR) is 55.4 cm³/mol. The number of aromatic nitrogens is 2. The number of hydrogen-bond acceptors (Lipinski definition) is 2. The molecule has 1 aliphatic heterocycles. The molecule has 1 aromatic rings. The minimum Gasteiger partial charge on any atom is -0.297 e. The lowest BCUT2D eigenvalue weighted by molar-refractivity contribution is 0.320. The average molecular weight is 244 g/mol. The molecule has 0 spiro atoms. The van der Waals surface area contributed by atoms with Crippen molar-refractivity contribution in [2.24, 2.45) is 7.05 Å². The van der Waals surface area contributed by atoms with Crippen LogP contribution in [0.15, 0.2) is 10.7 Å². The quantitative estimate of drug-likeness (QED) is 0.790. The van der Waals surface area contributed by atoms with Gasteiger partial charge in [0.25, 0.3) is 0 Å². The molecule has 2 rings (SSSR count). The van der Waals surface area contributed by atoms with Crippen LogP contribution in [-0.4, -0.2) is 27.8 Å². The summed E-state index contributed by atoms with van der Waals surface area (Å²) in [5, 5.41) is 4.20. The third-order valence-corrected chi connectivity index (χ3v) is 3.25. The van der Waals surface area contributed by atoms with Crippen molar-refractivity contribution in [1.29, 1.82) is 0 Å². The van der Waals surface area contributed by atoms with Crippen LogP contribution in [0.4, 0.5) is 0 Å². The van der Waals surface area contributed by atoms with Gasteiger partial charge in [0, 0.05) is 13.6 Å². The van der Waals surface area contributed by atoms with E-state index in [1.54, 1.807) is 0 Å². The van der Waals surface area contributed by atoms with Gasteiger partial charge in [-0.25, -0.2) is 0 Å². The molecule has 0 saturated carbocycles. The highest BCUT2D eigenvalue weighted by Gasteiger charge is 2.15. The predicted octanol–water partition coefficient (Wildman–Crippen LogP) is 1.78. The first kappa shape index (κ1) is 9.21. The topological polar surface area (TPSA) is 21.1 Å². The smallest absolute Gasteiger partial charge is 0.0663 e. The average Bonchev–Trinajstić information content (AvgIpc) is 2.70. The zero-order valence-corrected chi connectivity index (χ0v) is 9.42. The van der Waals surface area contributed by atoms with E-state index in [-0.39, 0.29) is 0 Å². The highest BCUT2D eigenvalue weighted by molar-refractivity contribution is 9.10. The molecule has 0 amide bonds. The fraction of sp³-hybridized carbons (Fsp3) is 0.667. The van der Waals surface area contributed by atoms with E-state index < -0.39 is 0 Å². The summed E-state index contributed by atoms with van der Waals surface area (Å²) in [5.74, 6) is 0. The number of nitrogens with zero attached hydrogens (tertiary/aromatic N) is 3. The minimum absolute atomic E-state index is 1.02. The number of rotatable bonds is 2. The summed E-state index contributed by atoms with van der Waals surface area (Å²) in [7, 11) is 2.00. The fourth-order valence-corrected chi connectivity index (χ4v) is 2.24. The largest absolute Gasteiger partial charge is 0.297 e. The molecule has 1 aromatic heterocycles. The van der Waals surface area contributed by atoms with Crippen LogP contribution in [0, 0.1) is 0 Å². The number of halogens is 1. The molecular formula is C9H14BrN3. The van der Waals surface area contributed by atoms with E-state index in [9.17, 15) is 0 Å². The third kappa shape index (κ3) is 1.94. The number of likely N-dealkylation sites (tertiary alicyclic amines) is 1. The SMILES string of the molecule is Cn1ncc(Br)c1CN1CCCC1. The second kappa shape index (κ2) is 3.80. The van der Waals surface area contributed by atoms with Gasteiger partial charge in [-0.1, -0.05) is 0 Å². The lowest BCUT2D eigenvalue weighted by Gasteiger charge is -2.14. The van der Waals surface area contributed by atoms with E-state index >= 15 is 0 Å². The summed E-state index contributed by atoms with van der Waals surface area (Å²) in [4.78, 5) is 2.47. The third-order valence-electron chi connectivity index (χ3n) is 2.58. The first-order valence-electron chi connectivity index (χ1n) is 4.66. The van der Waals surface area contributed by atoms with Gasteiger partial charge in [0.2, 0.25) is 0 Å². The highest BCUT2D eigenvalue weighted by atomic mass is 79.9. The molecule has 0 aromatic carbocycles. The maximum atomic E-state index is 4.20. The molecule has 0 unspecified atom stereocenters. The molecule has 0 bridgehead atoms. The molecule has 72 valence electrons. The number of hydrogen-bond donors (Lipinski definition) is 0. The van der Waals surface area contributed by atoms with Crippen LogP contribution >= 0.6 is 15.9 Å². The lowest BCUT2D eigenvalue weighted by Crippen LogP contribution is -2.20. The first-order valence-corrected chi connectivity index (χ1v) is 5.45. The van der Waals surface area contributed by atoms with Crippen LogP contribution in [0.25, 0.3) is 0 Å². The maximum absolute atomic E-state index is 4.20. The van der Waals surface area contributed by atoms with Gasteiger partial charge < -0.3 is 0 Å². The van der Waals surface area contributed by atoms with Crippen molar-refractivity contribution in [3.05, 3.63) is 16.4 Å². The number of aryl methyl sites for hydroxylation is 1. The molecule has 0 radical (unpaired) electrons. The Labute approximate surface area is 86.8 Å². The van der Waals surface area contributed by atoms with Gasteiger partial charge in [-0.3, -0.25) is 9.58 Å². The van der Waals surface area contributed by atoms with Crippen molar-refractivity contribution in [2.45, 2.75) is 19.4 Å². The Balaban J connectivity index is 2.07. The highest BCUT2D eigenvalue weighted by Crippen LogP contribution is 2.19. The van der Waals surface area contributed by atoms with Gasteiger partial charge >= 0.3 is 0 Å². The molecule has 4 heteroatoms. The van der Waals surface area contributed by atoms with Gasteiger partial charge in [-0.2, -0.15) is 5.10 Å². The molecule has 3 nitrogen and oxygen atoms in total. The standard InChI is InChI=1S/C9H14BrN3/c1-12-9(8(10)6-11-12)7-13-4-2-3-5-13/h6H,2-5,7H2,1H3. The normalized spacial score (nSPS) is 18.3. The Bertz CT molecular complexity index is 270. The molecule has 0 aliphatic carbocycles. The van der Waals surface area contributed by atoms with Crippen molar-refractivity contribution >= 4 is 15.9 Å². The van der Waals surface area contributed by atoms with Gasteiger partial charge in [-0.05, 0) is 41.9 Å². The maximum Gasteiger partial charge on any atom is 0.0663 e. The summed E-state index contributed by atoms with van der Waals surface area (Å²) in [6, 6.07) is 0. The summed E-state index contributed by atoms with van der Waals surface area (Å²) < 4.78 is 3.07. The van der Waals surface area contributed by atoms with E-state index in [1.165, 1.54) is 31.6 Å². The van der Waals surface area contributed by atoms with Crippen LogP contribution in [0.2, 0.25) is 0 Å². The van der Waals surface area contributed by atoms with Crippen molar-refractivity contribution < 1.29 is 0 Å². The molecule has 2 heterocycles. The zero-order chi connectivity index (χ0) is 9.26. The van der Waals surface area contributed by atoms with Gasteiger partial charge in [-0.15, -0.1) is 0 Å². The monoisotopic (exact) mass is 243 g/mol.